The van der Waals surface area contributed by atoms with Crippen LogP contribution in [0.15, 0.2) is 36.4 Å². The summed E-state index contributed by atoms with van der Waals surface area (Å²) in [7, 11) is 3.25. The molecule has 0 aliphatic heterocycles. The second-order valence-electron chi connectivity index (χ2n) is 6.92. The number of hydrogen-bond acceptors (Lipinski definition) is 4. The third-order valence-corrected chi connectivity index (χ3v) is 4.53. The molecule has 0 bridgehead atoms. The van der Waals surface area contributed by atoms with Crippen LogP contribution in [-0.2, 0) is 11.2 Å². The molecule has 0 aliphatic rings. The lowest BCUT2D eigenvalue weighted by Crippen LogP contribution is -2.38. The Morgan fingerprint density at radius 1 is 1.00 bits per heavy atom. The van der Waals surface area contributed by atoms with Crippen LogP contribution in [0.2, 0.25) is 0 Å². The lowest BCUT2D eigenvalue weighted by atomic mass is 10.1. The van der Waals surface area contributed by atoms with Gasteiger partial charge in [0.2, 0.25) is 0 Å². The third-order valence-electron chi connectivity index (χ3n) is 4.53. The molecule has 2 rings (SSSR count). The molecule has 0 fully saturated rings. The maximum atomic E-state index is 12.5. The summed E-state index contributed by atoms with van der Waals surface area (Å²) in [4.78, 5) is 12.5. The minimum absolute atomic E-state index is 0.0750. The van der Waals surface area contributed by atoms with Crippen molar-refractivity contribution in [2.24, 2.45) is 0 Å². The number of carbonyl (C=O) groups is 1. The molecule has 0 saturated heterocycles. The molecular weight excluding hydrogens is 354 g/mol. The van der Waals surface area contributed by atoms with Gasteiger partial charge < -0.3 is 19.5 Å². The molecule has 0 heterocycles. The Balaban J connectivity index is 1.83. The molecule has 0 unspecified atom stereocenters. The van der Waals surface area contributed by atoms with Crippen molar-refractivity contribution in [3.05, 3.63) is 53.1 Å². The normalized spacial score (nSPS) is 11.6. The molecule has 152 valence electrons. The molecular formula is C23H31NO4. The van der Waals surface area contributed by atoms with Crippen LogP contribution in [0.3, 0.4) is 0 Å². The van der Waals surface area contributed by atoms with E-state index in [1.165, 1.54) is 0 Å². The van der Waals surface area contributed by atoms with Crippen LogP contribution >= 0.6 is 0 Å². The average Bonchev–Trinajstić information content (AvgIpc) is 2.68. The second kappa shape index (κ2) is 10.6. The first-order chi connectivity index (χ1) is 13.5. The second-order valence-corrected chi connectivity index (χ2v) is 6.92. The fourth-order valence-electron chi connectivity index (χ4n) is 3.14. The number of ether oxygens (including phenoxy) is 3. The van der Waals surface area contributed by atoms with Crippen molar-refractivity contribution in [1.29, 1.82) is 0 Å². The summed E-state index contributed by atoms with van der Waals surface area (Å²) in [5.41, 5.74) is 3.39. The summed E-state index contributed by atoms with van der Waals surface area (Å²) in [6.07, 6.45) is 1.81. The monoisotopic (exact) mass is 385 g/mol. The first kappa shape index (κ1) is 21.6. The molecule has 2 aromatic rings. The zero-order chi connectivity index (χ0) is 20.5. The molecule has 28 heavy (non-hydrogen) atoms. The number of benzene rings is 2. The maximum Gasteiger partial charge on any atom is 0.261 e. The van der Waals surface area contributed by atoms with Crippen LogP contribution in [0.1, 0.15) is 36.5 Å². The van der Waals surface area contributed by atoms with Crippen molar-refractivity contribution in [3.63, 3.8) is 0 Å². The van der Waals surface area contributed by atoms with Gasteiger partial charge in [0.15, 0.2) is 17.6 Å². The number of carbonyl (C=O) groups excluding carboxylic acids is 1. The zero-order valence-corrected chi connectivity index (χ0v) is 17.5. The number of nitrogens with one attached hydrogen (secondary N) is 1. The molecule has 0 saturated carbocycles. The van der Waals surface area contributed by atoms with Crippen molar-refractivity contribution in [2.75, 3.05) is 20.8 Å². The van der Waals surface area contributed by atoms with E-state index in [9.17, 15) is 4.79 Å². The largest absolute Gasteiger partial charge is 0.493 e. The minimum atomic E-state index is -0.484. The van der Waals surface area contributed by atoms with Gasteiger partial charge in [-0.3, -0.25) is 4.79 Å². The molecule has 0 aliphatic carbocycles. The first-order valence-electron chi connectivity index (χ1n) is 9.70. The highest BCUT2D eigenvalue weighted by molar-refractivity contribution is 5.81. The van der Waals surface area contributed by atoms with Gasteiger partial charge in [0.25, 0.3) is 5.91 Å². The van der Waals surface area contributed by atoms with Crippen LogP contribution in [-0.4, -0.2) is 32.8 Å². The Morgan fingerprint density at radius 3 is 2.29 bits per heavy atom. The highest BCUT2D eigenvalue weighted by atomic mass is 16.5. The van der Waals surface area contributed by atoms with Crippen molar-refractivity contribution in [1.82, 2.24) is 5.32 Å². The van der Waals surface area contributed by atoms with E-state index in [1.54, 1.807) is 14.2 Å². The molecule has 1 atom stereocenters. The first-order valence-corrected chi connectivity index (χ1v) is 9.70. The van der Waals surface area contributed by atoms with E-state index in [4.69, 9.17) is 14.2 Å². The van der Waals surface area contributed by atoms with E-state index in [0.29, 0.717) is 18.7 Å². The summed E-state index contributed by atoms with van der Waals surface area (Å²) in [6, 6.07) is 11.9. The van der Waals surface area contributed by atoms with Crippen LogP contribution in [0, 0.1) is 13.8 Å². The molecule has 0 aromatic heterocycles. The highest BCUT2D eigenvalue weighted by Crippen LogP contribution is 2.27. The fraction of sp³-hybridized carbons (Fsp3) is 0.435. The fourth-order valence-corrected chi connectivity index (χ4v) is 3.14. The minimum Gasteiger partial charge on any atom is -0.493 e. The summed E-state index contributed by atoms with van der Waals surface area (Å²) in [6.45, 7) is 6.60. The summed E-state index contributed by atoms with van der Waals surface area (Å²) >= 11 is 0. The third kappa shape index (κ3) is 6.19. The zero-order valence-electron chi connectivity index (χ0n) is 17.5. The number of aryl methyl sites for hydroxylation is 3. The molecule has 5 heteroatoms. The number of amides is 1. The summed E-state index contributed by atoms with van der Waals surface area (Å²) < 4.78 is 16.5. The van der Waals surface area contributed by atoms with Crippen LogP contribution in [0.5, 0.6) is 17.2 Å². The van der Waals surface area contributed by atoms with Crippen LogP contribution in [0.25, 0.3) is 0 Å². The van der Waals surface area contributed by atoms with Crippen molar-refractivity contribution >= 4 is 5.91 Å². The number of hydrogen-bond donors (Lipinski definition) is 1. The predicted molar refractivity (Wildman–Crippen MR) is 111 cm³/mol. The van der Waals surface area contributed by atoms with Crippen LogP contribution in [0.4, 0.5) is 0 Å². The Hall–Kier alpha value is -2.69. The lowest BCUT2D eigenvalue weighted by molar-refractivity contribution is -0.128. The number of rotatable bonds is 10. The SMILES string of the molecule is CC[C@@H](Oc1cc(C)cc(C)c1)C(=O)NCCCc1ccc(OC)c(OC)c1. The molecule has 0 radical (unpaired) electrons. The number of methoxy groups -OCH3 is 2. The lowest BCUT2D eigenvalue weighted by Gasteiger charge is -2.18. The quantitative estimate of drug-likeness (QED) is 0.622. The van der Waals surface area contributed by atoms with Gasteiger partial charge in [-0.1, -0.05) is 19.1 Å². The molecule has 2 aromatic carbocycles. The van der Waals surface area contributed by atoms with E-state index in [0.717, 1.165) is 41.0 Å². The van der Waals surface area contributed by atoms with Crippen molar-refractivity contribution in [3.8, 4) is 17.2 Å². The van der Waals surface area contributed by atoms with Gasteiger partial charge in [-0.05, 0) is 74.1 Å². The van der Waals surface area contributed by atoms with Gasteiger partial charge in [0.05, 0.1) is 14.2 Å². The Morgan fingerprint density at radius 2 is 1.68 bits per heavy atom. The van der Waals surface area contributed by atoms with Gasteiger partial charge in [0.1, 0.15) is 5.75 Å². The predicted octanol–water partition coefficient (Wildman–Crippen LogP) is 4.23. The topological polar surface area (TPSA) is 56.8 Å². The maximum absolute atomic E-state index is 12.5. The van der Waals surface area contributed by atoms with E-state index in [2.05, 4.69) is 11.4 Å². The Bertz CT molecular complexity index is 768. The van der Waals surface area contributed by atoms with Gasteiger partial charge in [-0.25, -0.2) is 0 Å². The standard InChI is InChI=1S/C23H31NO4/c1-6-20(28-19-13-16(2)12-17(3)14-19)23(25)24-11-7-8-18-9-10-21(26-4)22(15-18)27-5/h9-10,12-15,20H,6-8,11H2,1-5H3,(H,24,25)/t20-/m1/s1. The summed E-state index contributed by atoms with van der Waals surface area (Å²) in [5, 5.41) is 2.98. The Kier molecular flexibility index (Phi) is 8.18. The average molecular weight is 386 g/mol. The highest BCUT2D eigenvalue weighted by Gasteiger charge is 2.18. The van der Waals surface area contributed by atoms with E-state index in [1.807, 2.05) is 51.1 Å². The van der Waals surface area contributed by atoms with Gasteiger partial charge >= 0.3 is 0 Å². The molecule has 5 nitrogen and oxygen atoms in total. The molecule has 1 amide bonds. The van der Waals surface area contributed by atoms with Crippen molar-refractivity contribution in [2.45, 2.75) is 46.1 Å². The van der Waals surface area contributed by atoms with Crippen molar-refractivity contribution < 1.29 is 19.0 Å². The van der Waals surface area contributed by atoms with Gasteiger partial charge in [-0.15, -0.1) is 0 Å². The summed E-state index contributed by atoms with van der Waals surface area (Å²) in [5.74, 6) is 2.10. The van der Waals surface area contributed by atoms with E-state index in [-0.39, 0.29) is 5.91 Å². The molecule has 0 spiro atoms. The van der Waals surface area contributed by atoms with Crippen LogP contribution < -0.4 is 19.5 Å². The van der Waals surface area contributed by atoms with E-state index >= 15 is 0 Å². The van der Waals surface area contributed by atoms with Gasteiger partial charge in [-0.2, -0.15) is 0 Å². The smallest absolute Gasteiger partial charge is 0.261 e. The molecule has 1 N–H and O–H groups in total. The van der Waals surface area contributed by atoms with Gasteiger partial charge in [0, 0.05) is 6.54 Å². The van der Waals surface area contributed by atoms with E-state index < -0.39 is 6.10 Å². The Labute approximate surface area is 168 Å².